The fraction of sp³-hybridized carbons (Fsp3) is 0.0435. The Labute approximate surface area is 288 Å². The second-order valence-electron chi connectivity index (χ2n) is 12.9. The zero-order chi connectivity index (χ0) is 32.3. The predicted molar refractivity (Wildman–Crippen MR) is 209 cm³/mol. The lowest BCUT2D eigenvalue weighted by molar-refractivity contribution is 0.998. The van der Waals surface area contributed by atoms with Gasteiger partial charge >= 0.3 is 0 Å². The van der Waals surface area contributed by atoms with Crippen molar-refractivity contribution >= 4 is 59.4 Å². The van der Waals surface area contributed by atoms with E-state index in [2.05, 4.69) is 152 Å². The van der Waals surface area contributed by atoms with E-state index in [4.69, 9.17) is 9.97 Å². The average Bonchev–Trinajstić information content (AvgIpc) is 3.56. The monoisotopic (exact) mass is 642 g/mol. The zero-order valence-corrected chi connectivity index (χ0v) is 27.5. The number of aryl methyl sites for hydroxylation is 1. The van der Waals surface area contributed by atoms with E-state index in [0.29, 0.717) is 0 Å². The molecule has 2 nitrogen and oxygen atoms in total. The first-order valence-corrected chi connectivity index (χ1v) is 17.7. The second kappa shape index (κ2) is 11.4. The summed E-state index contributed by atoms with van der Waals surface area (Å²) in [7, 11) is 0. The second-order valence-corrected chi connectivity index (χ2v) is 13.9. The van der Waals surface area contributed by atoms with Crippen molar-refractivity contribution in [3.63, 3.8) is 0 Å². The lowest BCUT2D eigenvalue weighted by Gasteiger charge is -2.17. The molecular formula is C46H30N2S. The van der Waals surface area contributed by atoms with Crippen LogP contribution < -0.4 is 0 Å². The zero-order valence-electron chi connectivity index (χ0n) is 26.7. The quantitative estimate of drug-likeness (QED) is 0.179. The van der Waals surface area contributed by atoms with Gasteiger partial charge in [-0.2, -0.15) is 0 Å². The topological polar surface area (TPSA) is 25.8 Å². The van der Waals surface area contributed by atoms with Gasteiger partial charge in [-0.3, -0.25) is 4.98 Å². The molecule has 0 atom stereocenters. The summed E-state index contributed by atoms with van der Waals surface area (Å²) in [6, 6.07) is 50.5. The average molecular weight is 643 g/mol. The largest absolute Gasteiger partial charge is 0.252 e. The van der Waals surface area contributed by atoms with Crippen LogP contribution in [0.25, 0.3) is 92.7 Å². The number of hydrogen-bond donors (Lipinski definition) is 0. The Balaban J connectivity index is 1.17. The van der Waals surface area contributed by atoms with Crippen LogP contribution in [0.5, 0.6) is 0 Å². The number of allylic oxidation sites excluding steroid dienone is 1. The molecule has 0 saturated carbocycles. The molecule has 1 aliphatic carbocycles. The first-order chi connectivity index (χ1) is 24.3. The van der Waals surface area contributed by atoms with Crippen LogP contribution in [0, 0.1) is 0 Å². The highest BCUT2D eigenvalue weighted by Gasteiger charge is 2.19. The highest BCUT2D eigenvalue weighted by molar-refractivity contribution is 7.26. The molecule has 0 aliphatic heterocycles. The Hall–Kier alpha value is -5.90. The van der Waals surface area contributed by atoms with Crippen LogP contribution in [0.2, 0.25) is 0 Å². The van der Waals surface area contributed by atoms with Gasteiger partial charge in [-0.1, -0.05) is 121 Å². The fourth-order valence-electron chi connectivity index (χ4n) is 7.58. The molecule has 0 radical (unpaired) electrons. The molecule has 10 rings (SSSR count). The number of rotatable bonds is 4. The number of hydrogen-bond acceptors (Lipinski definition) is 3. The van der Waals surface area contributed by atoms with Crippen molar-refractivity contribution in [3.05, 3.63) is 163 Å². The van der Waals surface area contributed by atoms with Gasteiger partial charge in [0.05, 0.1) is 22.9 Å². The van der Waals surface area contributed by atoms with Crippen LogP contribution in [0.15, 0.2) is 152 Å². The SMILES string of the molecule is C1=Cc2c(c3ccccc3c3nc(-c4cccc(-c5cc(-c6ccccc6)cc6c5sc5ccc(-c7ccccc7)cc56)c4)cnc23)CC1. The number of aromatic nitrogens is 2. The highest BCUT2D eigenvalue weighted by atomic mass is 32.1. The summed E-state index contributed by atoms with van der Waals surface area (Å²) in [6.07, 6.45) is 8.56. The molecule has 9 aromatic rings. The molecule has 0 N–H and O–H groups in total. The van der Waals surface area contributed by atoms with E-state index in [-0.39, 0.29) is 0 Å². The van der Waals surface area contributed by atoms with Crippen molar-refractivity contribution in [2.45, 2.75) is 12.8 Å². The standard InChI is InChI=1S/C46H30N2S/c1-3-12-29(13-4-1)31-22-23-43-40(25-31)41-27-34(30-14-5-2-6-15-30)26-39(46(41)49-43)32-16-11-17-33(24-32)42-28-47-44-37-20-9-7-18-35(37)36-19-8-10-21-38(36)45(44)48-42/h1-6,8-17,19-28H,7,18H2. The van der Waals surface area contributed by atoms with Gasteiger partial charge in [-0.25, -0.2) is 4.98 Å². The molecule has 3 heteroatoms. The molecule has 0 spiro atoms. The lowest BCUT2D eigenvalue weighted by atomic mass is 9.90. The van der Waals surface area contributed by atoms with Gasteiger partial charge in [-0.05, 0) is 81.9 Å². The van der Waals surface area contributed by atoms with Gasteiger partial charge in [0.15, 0.2) is 0 Å². The van der Waals surface area contributed by atoms with Gasteiger partial charge in [0.2, 0.25) is 0 Å². The molecule has 49 heavy (non-hydrogen) atoms. The molecule has 0 amide bonds. The molecule has 2 heterocycles. The normalized spacial score (nSPS) is 12.7. The van der Waals surface area contributed by atoms with Crippen LogP contribution >= 0.6 is 11.3 Å². The fourth-order valence-corrected chi connectivity index (χ4v) is 8.78. The van der Waals surface area contributed by atoms with Crippen molar-refractivity contribution in [1.29, 1.82) is 0 Å². The Morgan fingerprint density at radius 2 is 1.22 bits per heavy atom. The first-order valence-electron chi connectivity index (χ1n) is 16.9. The van der Waals surface area contributed by atoms with Gasteiger partial charge in [0, 0.05) is 42.2 Å². The third-order valence-corrected chi connectivity index (χ3v) is 11.2. The third kappa shape index (κ3) is 4.69. The maximum absolute atomic E-state index is 5.32. The summed E-state index contributed by atoms with van der Waals surface area (Å²) in [6.45, 7) is 0. The first kappa shape index (κ1) is 28.1. The van der Waals surface area contributed by atoms with Crippen molar-refractivity contribution < 1.29 is 0 Å². The predicted octanol–water partition coefficient (Wildman–Crippen LogP) is 12.8. The number of thiophene rings is 1. The molecule has 0 fully saturated rings. The van der Waals surface area contributed by atoms with Gasteiger partial charge in [-0.15, -0.1) is 11.3 Å². The summed E-state index contributed by atoms with van der Waals surface area (Å²) in [4.78, 5) is 10.4. The van der Waals surface area contributed by atoms with Crippen molar-refractivity contribution in [1.82, 2.24) is 9.97 Å². The Morgan fingerprint density at radius 3 is 2.06 bits per heavy atom. The van der Waals surface area contributed by atoms with E-state index in [1.807, 2.05) is 17.5 Å². The molecule has 7 aromatic carbocycles. The molecule has 1 aliphatic rings. The molecule has 2 aromatic heterocycles. The molecular weight excluding hydrogens is 613 g/mol. The van der Waals surface area contributed by atoms with Crippen molar-refractivity contribution in [3.8, 4) is 44.6 Å². The van der Waals surface area contributed by atoms with E-state index < -0.39 is 0 Å². The minimum absolute atomic E-state index is 0.888. The third-order valence-electron chi connectivity index (χ3n) is 9.96. The summed E-state index contributed by atoms with van der Waals surface area (Å²) in [5.41, 5.74) is 13.8. The van der Waals surface area contributed by atoms with Crippen LogP contribution in [0.4, 0.5) is 0 Å². The van der Waals surface area contributed by atoms with Gasteiger partial charge in [0.1, 0.15) is 0 Å². The van der Waals surface area contributed by atoms with E-state index >= 15 is 0 Å². The van der Waals surface area contributed by atoms with E-state index in [9.17, 15) is 0 Å². The molecule has 0 bridgehead atoms. The number of nitrogens with zero attached hydrogens (tertiary/aromatic N) is 2. The minimum Gasteiger partial charge on any atom is -0.252 e. The molecule has 0 saturated heterocycles. The molecule has 230 valence electrons. The summed E-state index contributed by atoms with van der Waals surface area (Å²) in [5.74, 6) is 0. The summed E-state index contributed by atoms with van der Waals surface area (Å²) in [5, 5.41) is 5.04. The Kier molecular flexibility index (Phi) is 6.53. The van der Waals surface area contributed by atoms with Crippen LogP contribution in [0.3, 0.4) is 0 Å². The van der Waals surface area contributed by atoms with E-state index in [1.54, 1.807) is 0 Å². The van der Waals surface area contributed by atoms with Crippen LogP contribution in [-0.4, -0.2) is 9.97 Å². The summed E-state index contributed by atoms with van der Waals surface area (Å²) >= 11 is 1.87. The van der Waals surface area contributed by atoms with Crippen LogP contribution in [0.1, 0.15) is 17.5 Å². The van der Waals surface area contributed by atoms with Crippen molar-refractivity contribution in [2.75, 3.05) is 0 Å². The van der Waals surface area contributed by atoms with Gasteiger partial charge in [0.25, 0.3) is 0 Å². The van der Waals surface area contributed by atoms with Crippen LogP contribution in [-0.2, 0) is 6.42 Å². The summed E-state index contributed by atoms with van der Waals surface area (Å²) < 4.78 is 2.59. The highest BCUT2D eigenvalue weighted by Crippen LogP contribution is 2.44. The molecule has 0 unspecified atom stereocenters. The van der Waals surface area contributed by atoms with Crippen molar-refractivity contribution in [2.24, 2.45) is 0 Å². The van der Waals surface area contributed by atoms with E-state index in [1.165, 1.54) is 75.5 Å². The minimum atomic E-state index is 0.888. The maximum atomic E-state index is 5.32. The van der Waals surface area contributed by atoms with Gasteiger partial charge < -0.3 is 0 Å². The Morgan fingerprint density at radius 1 is 0.510 bits per heavy atom. The number of fused-ring (bicyclic) bond motifs is 9. The van der Waals surface area contributed by atoms with E-state index in [0.717, 1.165) is 35.1 Å². The maximum Gasteiger partial charge on any atom is 0.0979 e. The lowest BCUT2D eigenvalue weighted by Crippen LogP contribution is -2.00. The Bertz CT molecular complexity index is 2760. The smallest absolute Gasteiger partial charge is 0.0979 e. The number of benzene rings is 7.